The second-order valence-electron chi connectivity index (χ2n) is 6.21. The van der Waals surface area contributed by atoms with Crippen LogP contribution in [-0.2, 0) is 14.4 Å². The number of rotatable bonds is 9. The molecule has 0 radical (unpaired) electrons. The maximum absolute atomic E-state index is 12.4. The molecule has 1 aliphatic heterocycles. The molecular weight excluding hydrogens is 300 g/mol. The van der Waals surface area contributed by atoms with Gasteiger partial charge in [0, 0.05) is 0 Å². The van der Waals surface area contributed by atoms with Crippen molar-refractivity contribution in [2.45, 2.75) is 57.7 Å². The van der Waals surface area contributed by atoms with Crippen molar-refractivity contribution in [2.75, 3.05) is 13.1 Å². The van der Waals surface area contributed by atoms with Crippen molar-refractivity contribution in [2.24, 2.45) is 11.7 Å². The number of carboxylic acid groups (broad SMARTS) is 1. The number of carbonyl (C=O) groups excluding carboxylic acids is 2. The number of amides is 2. The number of carboxylic acids is 1. The lowest BCUT2D eigenvalue weighted by molar-refractivity contribution is -0.142. The molecular formula is C15H28N4O4. The summed E-state index contributed by atoms with van der Waals surface area (Å²) >= 11 is 0. The Balaban J connectivity index is 2.65. The summed E-state index contributed by atoms with van der Waals surface area (Å²) in [4.78, 5) is 35.8. The van der Waals surface area contributed by atoms with Gasteiger partial charge in [-0.2, -0.15) is 0 Å². The largest absolute Gasteiger partial charge is 0.480 e. The molecule has 8 heteroatoms. The van der Waals surface area contributed by atoms with Gasteiger partial charge >= 0.3 is 5.97 Å². The van der Waals surface area contributed by atoms with Crippen LogP contribution in [0.1, 0.15) is 39.5 Å². The Bertz CT molecular complexity index is 422. The molecule has 0 aromatic rings. The number of hydrogen-bond acceptors (Lipinski definition) is 5. The van der Waals surface area contributed by atoms with Crippen molar-refractivity contribution in [3.05, 3.63) is 0 Å². The monoisotopic (exact) mass is 328 g/mol. The van der Waals surface area contributed by atoms with Gasteiger partial charge in [-0.1, -0.05) is 13.8 Å². The highest BCUT2D eigenvalue weighted by atomic mass is 16.4. The molecule has 1 rings (SSSR count). The van der Waals surface area contributed by atoms with E-state index in [1.165, 1.54) is 0 Å². The van der Waals surface area contributed by atoms with Gasteiger partial charge in [-0.3, -0.25) is 9.59 Å². The summed E-state index contributed by atoms with van der Waals surface area (Å²) < 4.78 is 0. The summed E-state index contributed by atoms with van der Waals surface area (Å²) in [5, 5.41) is 17.5. The van der Waals surface area contributed by atoms with Crippen LogP contribution >= 0.6 is 0 Å². The van der Waals surface area contributed by atoms with Crippen LogP contribution in [0.4, 0.5) is 0 Å². The zero-order valence-electron chi connectivity index (χ0n) is 13.8. The van der Waals surface area contributed by atoms with Gasteiger partial charge in [0.15, 0.2) is 0 Å². The Kier molecular flexibility index (Phi) is 7.97. The zero-order chi connectivity index (χ0) is 17.4. The minimum absolute atomic E-state index is 0.149. The molecule has 1 fully saturated rings. The minimum atomic E-state index is -1.10. The standard InChI is InChI=1S/C15H28N4O4/c1-9(2)12(19-13(20)10-6-4-8-17-10)14(21)18-11(15(22)23)5-3-7-16/h9-12,17H,3-8,16H2,1-2H3,(H,18,21)(H,19,20)(H,22,23)/t10-,11-,12-/m0/s1. The van der Waals surface area contributed by atoms with Gasteiger partial charge in [0.25, 0.3) is 0 Å². The number of carbonyl (C=O) groups is 3. The third kappa shape index (κ3) is 6.15. The van der Waals surface area contributed by atoms with E-state index in [0.29, 0.717) is 13.0 Å². The van der Waals surface area contributed by atoms with E-state index in [1.807, 2.05) is 13.8 Å². The maximum Gasteiger partial charge on any atom is 0.326 e. The third-order valence-electron chi connectivity index (χ3n) is 3.94. The first-order valence-electron chi connectivity index (χ1n) is 8.13. The highest BCUT2D eigenvalue weighted by molar-refractivity contribution is 5.92. The SMILES string of the molecule is CC(C)[C@H](NC(=O)[C@@H]1CCCN1)C(=O)N[C@@H](CCCN)C(=O)O. The van der Waals surface area contributed by atoms with Gasteiger partial charge in [-0.15, -0.1) is 0 Å². The average molecular weight is 328 g/mol. The van der Waals surface area contributed by atoms with E-state index in [4.69, 9.17) is 5.73 Å². The van der Waals surface area contributed by atoms with Crippen LogP contribution in [0.5, 0.6) is 0 Å². The molecule has 1 aliphatic rings. The fraction of sp³-hybridized carbons (Fsp3) is 0.800. The van der Waals surface area contributed by atoms with Crippen LogP contribution < -0.4 is 21.7 Å². The van der Waals surface area contributed by atoms with Gasteiger partial charge in [0.2, 0.25) is 11.8 Å². The normalized spacial score (nSPS) is 20.1. The molecule has 0 saturated carbocycles. The van der Waals surface area contributed by atoms with Crippen LogP contribution in [0.25, 0.3) is 0 Å². The molecule has 0 aromatic heterocycles. The van der Waals surface area contributed by atoms with Crippen molar-refractivity contribution in [1.29, 1.82) is 0 Å². The number of nitrogens with two attached hydrogens (primary N) is 1. The molecule has 0 aliphatic carbocycles. The van der Waals surface area contributed by atoms with E-state index in [0.717, 1.165) is 19.4 Å². The molecule has 0 bridgehead atoms. The molecule has 2 amide bonds. The summed E-state index contributed by atoms with van der Waals surface area (Å²) in [5.74, 6) is -1.94. The van der Waals surface area contributed by atoms with E-state index in [2.05, 4.69) is 16.0 Å². The highest BCUT2D eigenvalue weighted by Crippen LogP contribution is 2.08. The van der Waals surface area contributed by atoms with Crippen molar-refractivity contribution in [3.63, 3.8) is 0 Å². The second-order valence-corrected chi connectivity index (χ2v) is 6.21. The Morgan fingerprint density at radius 2 is 2.00 bits per heavy atom. The number of nitrogens with one attached hydrogen (secondary N) is 3. The molecule has 8 nitrogen and oxygen atoms in total. The van der Waals surface area contributed by atoms with E-state index in [9.17, 15) is 19.5 Å². The van der Waals surface area contributed by atoms with Crippen LogP contribution in [0, 0.1) is 5.92 Å². The van der Waals surface area contributed by atoms with E-state index >= 15 is 0 Å². The lowest BCUT2D eigenvalue weighted by Gasteiger charge is -2.25. The topological polar surface area (TPSA) is 134 Å². The number of hydrogen-bond donors (Lipinski definition) is 5. The first-order chi connectivity index (χ1) is 10.9. The quantitative estimate of drug-likeness (QED) is 0.376. The van der Waals surface area contributed by atoms with Gasteiger partial charge < -0.3 is 26.8 Å². The predicted molar refractivity (Wildman–Crippen MR) is 85.6 cm³/mol. The van der Waals surface area contributed by atoms with E-state index in [1.54, 1.807) is 0 Å². The van der Waals surface area contributed by atoms with Crippen molar-refractivity contribution in [3.8, 4) is 0 Å². The third-order valence-corrected chi connectivity index (χ3v) is 3.94. The van der Waals surface area contributed by atoms with Crippen LogP contribution in [0.3, 0.4) is 0 Å². The Morgan fingerprint density at radius 1 is 1.30 bits per heavy atom. The van der Waals surface area contributed by atoms with Gasteiger partial charge in [0.05, 0.1) is 6.04 Å². The Hall–Kier alpha value is -1.67. The molecule has 0 unspecified atom stereocenters. The van der Waals surface area contributed by atoms with Gasteiger partial charge in [-0.25, -0.2) is 4.79 Å². The highest BCUT2D eigenvalue weighted by Gasteiger charge is 2.31. The average Bonchev–Trinajstić information content (AvgIpc) is 3.02. The van der Waals surface area contributed by atoms with Crippen LogP contribution in [0.2, 0.25) is 0 Å². The second kappa shape index (κ2) is 9.46. The zero-order valence-corrected chi connectivity index (χ0v) is 13.8. The first-order valence-corrected chi connectivity index (χ1v) is 8.13. The van der Waals surface area contributed by atoms with Crippen molar-refractivity contribution >= 4 is 17.8 Å². The number of aliphatic carboxylic acids is 1. The van der Waals surface area contributed by atoms with Crippen molar-refractivity contribution < 1.29 is 19.5 Å². The lowest BCUT2D eigenvalue weighted by atomic mass is 10.0. The van der Waals surface area contributed by atoms with Gasteiger partial charge in [-0.05, 0) is 44.7 Å². The Labute approximate surface area is 136 Å². The molecule has 132 valence electrons. The molecule has 0 aromatic carbocycles. The molecule has 6 N–H and O–H groups in total. The van der Waals surface area contributed by atoms with E-state index in [-0.39, 0.29) is 24.3 Å². The summed E-state index contributed by atoms with van der Waals surface area (Å²) in [6.45, 7) is 4.76. The van der Waals surface area contributed by atoms with Crippen LogP contribution in [0.15, 0.2) is 0 Å². The molecule has 0 spiro atoms. The lowest BCUT2D eigenvalue weighted by Crippen LogP contribution is -2.56. The summed E-state index contributed by atoms with van der Waals surface area (Å²) in [5.41, 5.74) is 5.38. The smallest absolute Gasteiger partial charge is 0.326 e. The van der Waals surface area contributed by atoms with Gasteiger partial charge in [0.1, 0.15) is 12.1 Å². The summed E-state index contributed by atoms with van der Waals surface area (Å²) in [6.07, 6.45) is 2.44. The molecule has 3 atom stereocenters. The summed E-state index contributed by atoms with van der Waals surface area (Å²) in [6, 6.07) is -2.03. The fourth-order valence-electron chi connectivity index (χ4n) is 2.54. The van der Waals surface area contributed by atoms with E-state index < -0.39 is 24.0 Å². The fourth-order valence-corrected chi connectivity index (χ4v) is 2.54. The predicted octanol–water partition coefficient (Wildman–Crippen LogP) is -0.812. The summed E-state index contributed by atoms with van der Waals surface area (Å²) in [7, 11) is 0. The molecule has 23 heavy (non-hydrogen) atoms. The first kappa shape index (κ1) is 19.4. The minimum Gasteiger partial charge on any atom is -0.480 e. The molecule has 1 heterocycles. The van der Waals surface area contributed by atoms with Crippen LogP contribution in [-0.4, -0.2) is 54.1 Å². The Morgan fingerprint density at radius 3 is 2.48 bits per heavy atom. The maximum atomic E-state index is 12.4. The molecule has 1 saturated heterocycles. The van der Waals surface area contributed by atoms with Crippen molar-refractivity contribution in [1.82, 2.24) is 16.0 Å².